The van der Waals surface area contributed by atoms with E-state index in [0.717, 1.165) is 6.07 Å². The van der Waals surface area contributed by atoms with Crippen LogP contribution in [0.2, 0.25) is 0 Å². The number of amides is 2. The monoisotopic (exact) mass is 282 g/mol. The van der Waals surface area contributed by atoms with Crippen LogP contribution in [0.25, 0.3) is 0 Å². The summed E-state index contributed by atoms with van der Waals surface area (Å²) in [7, 11) is 1.36. The molecule has 0 heterocycles. The number of ether oxygens (including phenoxy) is 1. The lowest BCUT2D eigenvalue weighted by atomic mass is 10.1. The zero-order valence-corrected chi connectivity index (χ0v) is 10.9. The molecule has 0 bridgehead atoms. The summed E-state index contributed by atoms with van der Waals surface area (Å²) in [6.07, 6.45) is 1.12. The van der Waals surface area contributed by atoms with E-state index in [0.29, 0.717) is 18.5 Å². The average molecular weight is 282 g/mol. The van der Waals surface area contributed by atoms with Gasteiger partial charge in [-0.25, -0.2) is 9.18 Å². The molecule has 1 aliphatic carbocycles. The Morgan fingerprint density at radius 1 is 1.45 bits per heavy atom. The largest absolute Gasteiger partial charge is 0.494 e. The van der Waals surface area contributed by atoms with Crippen LogP contribution in [0.1, 0.15) is 12.8 Å². The molecule has 1 aliphatic rings. The summed E-state index contributed by atoms with van der Waals surface area (Å²) in [5.74, 6) is -1.19. The highest BCUT2D eigenvalue weighted by Gasteiger charge is 2.50. The molecule has 0 aromatic heterocycles. The van der Waals surface area contributed by atoms with Crippen LogP contribution in [0, 0.1) is 11.2 Å². The Bertz CT molecular complexity index is 543. The molecule has 3 N–H and O–H groups in total. The van der Waals surface area contributed by atoms with E-state index in [-0.39, 0.29) is 12.3 Å². The molecule has 1 fully saturated rings. The van der Waals surface area contributed by atoms with Crippen molar-refractivity contribution < 1.29 is 23.8 Å². The molecule has 0 atom stereocenters. The fraction of sp³-hybridized carbons (Fsp3) is 0.385. The molecular formula is C13H15FN2O4. The number of rotatable bonds is 5. The molecule has 20 heavy (non-hydrogen) atoms. The molecule has 0 saturated heterocycles. The van der Waals surface area contributed by atoms with Crippen molar-refractivity contribution in [3.63, 3.8) is 0 Å². The number of hydrogen-bond acceptors (Lipinski definition) is 3. The molecule has 2 amide bonds. The fourth-order valence-electron chi connectivity index (χ4n) is 1.80. The Hall–Kier alpha value is -2.31. The lowest BCUT2D eigenvalue weighted by molar-refractivity contribution is -0.143. The van der Waals surface area contributed by atoms with Crippen molar-refractivity contribution in [2.75, 3.05) is 19.0 Å². The first-order valence-electron chi connectivity index (χ1n) is 6.09. The van der Waals surface area contributed by atoms with Gasteiger partial charge in [-0.15, -0.1) is 0 Å². The lowest BCUT2D eigenvalue weighted by Crippen LogP contribution is -2.36. The molecule has 0 aliphatic heterocycles. The maximum Gasteiger partial charge on any atom is 0.319 e. The van der Waals surface area contributed by atoms with Crippen LogP contribution in [0.3, 0.4) is 0 Å². The van der Waals surface area contributed by atoms with Crippen molar-refractivity contribution in [3.8, 4) is 5.75 Å². The number of nitrogens with one attached hydrogen (secondary N) is 2. The average Bonchev–Trinajstić information content (AvgIpc) is 3.19. The summed E-state index contributed by atoms with van der Waals surface area (Å²) in [6.45, 7) is 0.0671. The lowest BCUT2D eigenvalue weighted by Gasteiger charge is -2.13. The molecular weight excluding hydrogens is 267 g/mol. The minimum atomic E-state index is -0.905. The quantitative estimate of drug-likeness (QED) is 0.768. The summed E-state index contributed by atoms with van der Waals surface area (Å²) < 4.78 is 17.9. The SMILES string of the molecule is COc1cc(F)ccc1NC(=O)NCC1(C(=O)O)CC1. The number of carbonyl (C=O) groups is 2. The first kappa shape index (κ1) is 14.1. The third-order valence-electron chi connectivity index (χ3n) is 3.31. The van der Waals surface area contributed by atoms with Gasteiger partial charge in [0.2, 0.25) is 0 Å². The predicted molar refractivity (Wildman–Crippen MR) is 69.3 cm³/mol. The van der Waals surface area contributed by atoms with Crippen molar-refractivity contribution in [3.05, 3.63) is 24.0 Å². The van der Waals surface area contributed by atoms with Gasteiger partial charge in [0.05, 0.1) is 18.2 Å². The van der Waals surface area contributed by atoms with Crippen LogP contribution in [0.15, 0.2) is 18.2 Å². The Morgan fingerprint density at radius 3 is 2.70 bits per heavy atom. The third kappa shape index (κ3) is 2.98. The van der Waals surface area contributed by atoms with Gasteiger partial charge >= 0.3 is 12.0 Å². The van der Waals surface area contributed by atoms with E-state index >= 15 is 0 Å². The molecule has 1 saturated carbocycles. The number of aliphatic carboxylic acids is 1. The van der Waals surface area contributed by atoms with E-state index in [9.17, 15) is 14.0 Å². The highest BCUT2D eigenvalue weighted by Crippen LogP contribution is 2.45. The second-order valence-corrected chi connectivity index (χ2v) is 4.74. The Morgan fingerprint density at radius 2 is 2.15 bits per heavy atom. The number of anilines is 1. The molecule has 0 radical (unpaired) electrons. The molecule has 1 aromatic rings. The van der Waals surface area contributed by atoms with Gasteiger partial charge in [-0.1, -0.05) is 0 Å². The van der Waals surface area contributed by atoms with Gasteiger partial charge < -0.3 is 20.5 Å². The number of urea groups is 1. The van der Waals surface area contributed by atoms with E-state index in [1.807, 2.05) is 0 Å². The van der Waals surface area contributed by atoms with Crippen molar-refractivity contribution in [2.24, 2.45) is 5.41 Å². The minimum absolute atomic E-state index is 0.0671. The van der Waals surface area contributed by atoms with Crippen LogP contribution in [-0.2, 0) is 4.79 Å². The first-order chi connectivity index (χ1) is 9.47. The zero-order valence-electron chi connectivity index (χ0n) is 10.9. The standard InChI is InChI=1S/C13H15FN2O4/c1-20-10-6-8(14)2-3-9(10)16-12(19)15-7-13(4-5-13)11(17)18/h2-3,6H,4-5,7H2,1H3,(H,17,18)(H2,15,16,19). The topological polar surface area (TPSA) is 87.7 Å². The van der Waals surface area contributed by atoms with E-state index < -0.39 is 23.2 Å². The van der Waals surface area contributed by atoms with Gasteiger partial charge in [0.25, 0.3) is 0 Å². The number of carbonyl (C=O) groups excluding carboxylic acids is 1. The Kier molecular flexibility index (Phi) is 3.78. The number of hydrogen-bond donors (Lipinski definition) is 3. The van der Waals surface area contributed by atoms with Gasteiger partial charge in [0.15, 0.2) is 0 Å². The summed E-state index contributed by atoms with van der Waals surface area (Å²) in [5, 5.41) is 14.0. The third-order valence-corrected chi connectivity index (χ3v) is 3.31. The molecule has 0 spiro atoms. The van der Waals surface area contributed by atoms with Crippen molar-refractivity contribution in [1.29, 1.82) is 0 Å². The van der Waals surface area contributed by atoms with Gasteiger partial charge in [-0.2, -0.15) is 0 Å². The molecule has 0 unspecified atom stereocenters. The number of carboxylic acid groups (broad SMARTS) is 1. The van der Waals surface area contributed by atoms with Crippen molar-refractivity contribution >= 4 is 17.7 Å². The van der Waals surface area contributed by atoms with Crippen LogP contribution in [0.5, 0.6) is 5.75 Å². The van der Waals surface area contributed by atoms with E-state index in [4.69, 9.17) is 9.84 Å². The molecule has 7 heteroatoms. The second kappa shape index (κ2) is 5.36. The van der Waals surface area contributed by atoms with Crippen molar-refractivity contribution in [1.82, 2.24) is 5.32 Å². The van der Waals surface area contributed by atoms with Gasteiger partial charge in [-0.3, -0.25) is 4.79 Å². The smallest absolute Gasteiger partial charge is 0.319 e. The number of carboxylic acids is 1. The summed E-state index contributed by atoms with van der Waals surface area (Å²) in [5.41, 5.74) is -0.518. The number of halogens is 1. The Labute approximate surface area is 114 Å². The first-order valence-corrected chi connectivity index (χ1v) is 6.09. The number of methoxy groups -OCH3 is 1. The van der Waals surface area contributed by atoms with E-state index in [1.165, 1.54) is 19.2 Å². The maximum atomic E-state index is 13.0. The maximum absolute atomic E-state index is 13.0. The van der Waals surface area contributed by atoms with Crippen LogP contribution in [-0.4, -0.2) is 30.8 Å². The van der Waals surface area contributed by atoms with Gasteiger partial charge in [0.1, 0.15) is 11.6 Å². The van der Waals surface area contributed by atoms with Crippen LogP contribution >= 0.6 is 0 Å². The van der Waals surface area contributed by atoms with Crippen LogP contribution < -0.4 is 15.4 Å². The summed E-state index contributed by atoms with van der Waals surface area (Å²) >= 11 is 0. The highest BCUT2D eigenvalue weighted by molar-refractivity contribution is 5.91. The van der Waals surface area contributed by atoms with E-state index in [2.05, 4.69) is 10.6 Å². The van der Waals surface area contributed by atoms with E-state index in [1.54, 1.807) is 0 Å². The summed E-state index contributed by atoms with van der Waals surface area (Å²) in [4.78, 5) is 22.7. The fourth-order valence-corrected chi connectivity index (χ4v) is 1.80. The van der Waals surface area contributed by atoms with Gasteiger partial charge in [0, 0.05) is 12.6 Å². The summed E-state index contributed by atoms with van der Waals surface area (Å²) in [6, 6.07) is 3.16. The molecule has 1 aromatic carbocycles. The highest BCUT2D eigenvalue weighted by atomic mass is 19.1. The zero-order chi connectivity index (χ0) is 14.8. The predicted octanol–water partition coefficient (Wildman–Crippen LogP) is 1.82. The normalized spacial score (nSPS) is 15.3. The number of benzene rings is 1. The van der Waals surface area contributed by atoms with Gasteiger partial charge in [-0.05, 0) is 25.0 Å². The van der Waals surface area contributed by atoms with Crippen LogP contribution in [0.4, 0.5) is 14.9 Å². The molecule has 6 nitrogen and oxygen atoms in total. The molecule has 108 valence electrons. The Balaban J connectivity index is 1.93. The minimum Gasteiger partial charge on any atom is -0.494 e. The second-order valence-electron chi connectivity index (χ2n) is 4.74. The molecule has 2 rings (SSSR count). The van der Waals surface area contributed by atoms with Crippen molar-refractivity contribution in [2.45, 2.75) is 12.8 Å².